The molecule has 0 fully saturated rings. The van der Waals surface area contributed by atoms with Crippen molar-refractivity contribution in [1.82, 2.24) is 5.32 Å². The Morgan fingerprint density at radius 2 is 1.73 bits per heavy atom. The first-order chi connectivity index (χ1) is 15.7. The number of hydrogen-bond donors (Lipinski definition) is 4. The Morgan fingerprint density at radius 3 is 2.33 bits per heavy atom. The van der Waals surface area contributed by atoms with Gasteiger partial charge in [0.05, 0.1) is 5.56 Å². The van der Waals surface area contributed by atoms with E-state index in [9.17, 15) is 14.0 Å². The van der Waals surface area contributed by atoms with Gasteiger partial charge in [-0.2, -0.15) is 0 Å². The SMILES string of the molecule is CC(C)(CNC(=O)C(=O)O)[C@H](c1ccccc1)c1ccc([NH2+]c2ccc(F)cc2)c(C=N)c1. The van der Waals surface area contributed by atoms with Crippen molar-refractivity contribution in [3.63, 3.8) is 0 Å². The first-order valence-corrected chi connectivity index (χ1v) is 10.5. The fourth-order valence-corrected chi connectivity index (χ4v) is 3.99. The van der Waals surface area contributed by atoms with Crippen LogP contribution in [0.5, 0.6) is 0 Å². The number of rotatable bonds is 8. The van der Waals surface area contributed by atoms with Crippen molar-refractivity contribution in [1.29, 1.82) is 5.41 Å². The molecule has 6 nitrogen and oxygen atoms in total. The molecule has 0 saturated carbocycles. The number of amides is 1. The van der Waals surface area contributed by atoms with Crippen LogP contribution >= 0.6 is 0 Å². The Labute approximate surface area is 192 Å². The molecule has 0 bridgehead atoms. The fourth-order valence-electron chi connectivity index (χ4n) is 3.99. The third kappa shape index (κ3) is 5.90. The number of quaternary nitrogens is 1. The first kappa shape index (κ1) is 23.8. The maximum Gasteiger partial charge on any atom is 0.394 e. The van der Waals surface area contributed by atoms with E-state index < -0.39 is 17.3 Å². The highest BCUT2D eigenvalue weighted by atomic mass is 19.1. The molecule has 1 atom stereocenters. The van der Waals surface area contributed by atoms with E-state index in [2.05, 4.69) is 5.32 Å². The predicted molar refractivity (Wildman–Crippen MR) is 125 cm³/mol. The molecule has 0 aromatic heterocycles. The zero-order valence-electron chi connectivity index (χ0n) is 18.5. The van der Waals surface area contributed by atoms with Crippen molar-refractivity contribution in [2.75, 3.05) is 6.54 Å². The van der Waals surface area contributed by atoms with Gasteiger partial charge in [0.25, 0.3) is 0 Å². The number of benzene rings is 3. The molecule has 170 valence electrons. The van der Waals surface area contributed by atoms with Gasteiger partial charge in [-0.3, -0.25) is 10.1 Å². The van der Waals surface area contributed by atoms with E-state index in [4.69, 9.17) is 10.5 Å². The zero-order valence-corrected chi connectivity index (χ0v) is 18.5. The van der Waals surface area contributed by atoms with Crippen LogP contribution in [0.25, 0.3) is 0 Å². The Hall–Kier alpha value is -3.84. The van der Waals surface area contributed by atoms with Gasteiger partial charge >= 0.3 is 11.9 Å². The lowest BCUT2D eigenvalue weighted by atomic mass is 9.71. The van der Waals surface area contributed by atoms with Gasteiger partial charge in [0, 0.05) is 36.9 Å². The van der Waals surface area contributed by atoms with Crippen molar-refractivity contribution in [2.24, 2.45) is 5.41 Å². The molecule has 3 aromatic rings. The van der Waals surface area contributed by atoms with Crippen LogP contribution in [0.15, 0.2) is 72.8 Å². The van der Waals surface area contributed by atoms with Crippen LogP contribution in [0.1, 0.15) is 36.5 Å². The Morgan fingerprint density at radius 1 is 1.06 bits per heavy atom. The summed E-state index contributed by atoms with van der Waals surface area (Å²) in [6.07, 6.45) is 1.28. The van der Waals surface area contributed by atoms with Gasteiger partial charge < -0.3 is 15.8 Å². The van der Waals surface area contributed by atoms with E-state index in [0.717, 1.165) is 22.5 Å². The maximum absolute atomic E-state index is 13.2. The van der Waals surface area contributed by atoms with E-state index in [1.165, 1.54) is 18.3 Å². The van der Waals surface area contributed by atoms with Gasteiger partial charge in [-0.25, -0.2) is 9.18 Å². The lowest BCUT2D eigenvalue weighted by Crippen LogP contribution is -2.71. The van der Waals surface area contributed by atoms with Crippen LogP contribution in [0.3, 0.4) is 0 Å². The third-order valence-electron chi connectivity index (χ3n) is 5.61. The minimum absolute atomic E-state index is 0.154. The molecule has 5 N–H and O–H groups in total. The van der Waals surface area contributed by atoms with Gasteiger partial charge in [-0.1, -0.05) is 50.2 Å². The summed E-state index contributed by atoms with van der Waals surface area (Å²) in [4.78, 5) is 22.6. The number of halogens is 1. The van der Waals surface area contributed by atoms with Gasteiger partial charge in [0.15, 0.2) is 0 Å². The molecule has 0 heterocycles. The van der Waals surface area contributed by atoms with E-state index in [-0.39, 0.29) is 18.3 Å². The lowest BCUT2D eigenvalue weighted by Gasteiger charge is -2.35. The number of carboxylic acids is 1. The van der Waals surface area contributed by atoms with Crippen molar-refractivity contribution in [2.45, 2.75) is 19.8 Å². The van der Waals surface area contributed by atoms with E-state index >= 15 is 0 Å². The van der Waals surface area contributed by atoms with Crippen molar-refractivity contribution < 1.29 is 24.4 Å². The van der Waals surface area contributed by atoms with Crippen LogP contribution in [-0.2, 0) is 9.59 Å². The standard InChI is InChI=1S/C26H26FN3O3/c1-26(2,16-29-24(31)25(32)33)23(17-6-4-3-5-7-17)18-8-13-22(19(14-18)15-28)30-21-11-9-20(27)10-12-21/h3-15,23,28,30H,16H2,1-2H3,(H,29,31)(H,32,33)/p+1/t23-/m1/s1. The molecule has 0 radical (unpaired) electrons. The summed E-state index contributed by atoms with van der Waals surface area (Å²) in [7, 11) is 0. The minimum atomic E-state index is -1.52. The predicted octanol–water partition coefficient (Wildman–Crippen LogP) is 3.71. The van der Waals surface area contributed by atoms with Crippen molar-refractivity contribution in [3.05, 3.63) is 95.3 Å². The van der Waals surface area contributed by atoms with Crippen molar-refractivity contribution >= 4 is 29.5 Å². The molecule has 33 heavy (non-hydrogen) atoms. The number of nitrogens with one attached hydrogen (secondary N) is 2. The number of carboxylic acid groups (broad SMARTS) is 1. The number of hydrogen-bond acceptors (Lipinski definition) is 3. The normalized spacial score (nSPS) is 12.1. The number of carbonyl (C=O) groups is 2. The summed E-state index contributed by atoms with van der Waals surface area (Å²) in [5.74, 6) is -3.04. The summed E-state index contributed by atoms with van der Waals surface area (Å²) in [5.41, 5.74) is 3.76. The first-order valence-electron chi connectivity index (χ1n) is 10.5. The second-order valence-electron chi connectivity index (χ2n) is 8.55. The molecule has 0 saturated heterocycles. The van der Waals surface area contributed by atoms with Gasteiger partial charge in [0.2, 0.25) is 0 Å². The molecular formula is C26H27FN3O3+. The summed E-state index contributed by atoms with van der Waals surface area (Å²) < 4.78 is 13.2. The minimum Gasteiger partial charge on any atom is -0.474 e. The van der Waals surface area contributed by atoms with Gasteiger partial charge in [-0.05, 0) is 34.7 Å². The molecular weight excluding hydrogens is 421 g/mol. The third-order valence-corrected chi connectivity index (χ3v) is 5.61. The second-order valence-corrected chi connectivity index (χ2v) is 8.55. The lowest BCUT2D eigenvalue weighted by molar-refractivity contribution is -0.478. The fraction of sp³-hybridized carbons (Fsp3) is 0.192. The molecule has 3 rings (SSSR count). The molecule has 3 aromatic carbocycles. The zero-order chi connectivity index (χ0) is 24.0. The topological polar surface area (TPSA) is 107 Å². The molecule has 0 aliphatic heterocycles. The Bertz CT molecular complexity index is 1150. The number of aliphatic carboxylic acids is 1. The highest BCUT2D eigenvalue weighted by Crippen LogP contribution is 2.41. The largest absolute Gasteiger partial charge is 0.474 e. The van der Waals surface area contributed by atoms with Crippen LogP contribution in [-0.4, -0.2) is 29.7 Å². The average molecular weight is 449 g/mol. The van der Waals surface area contributed by atoms with Crippen molar-refractivity contribution in [3.8, 4) is 0 Å². The number of nitrogens with two attached hydrogens (primary N) is 1. The van der Waals surface area contributed by atoms with Gasteiger partial charge in [0.1, 0.15) is 17.2 Å². The molecule has 0 aliphatic rings. The molecule has 0 unspecified atom stereocenters. The van der Waals surface area contributed by atoms with E-state index in [1.54, 1.807) is 12.1 Å². The van der Waals surface area contributed by atoms with Crippen LogP contribution in [0.4, 0.5) is 15.8 Å². The quantitative estimate of drug-likeness (QED) is 0.240. The molecule has 1 amide bonds. The monoisotopic (exact) mass is 448 g/mol. The summed E-state index contributed by atoms with van der Waals surface area (Å²) in [6.45, 7) is 4.09. The number of carbonyl (C=O) groups excluding carboxylic acids is 1. The highest BCUT2D eigenvalue weighted by molar-refractivity contribution is 6.31. The Balaban J connectivity index is 1.98. The van der Waals surface area contributed by atoms with Gasteiger partial charge in [-0.15, -0.1) is 0 Å². The van der Waals surface area contributed by atoms with E-state index in [1.807, 2.05) is 67.7 Å². The van der Waals surface area contributed by atoms with Crippen LogP contribution < -0.4 is 10.6 Å². The summed E-state index contributed by atoms with van der Waals surface area (Å²) in [5, 5.41) is 21.3. The summed E-state index contributed by atoms with van der Waals surface area (Å²) >= 11 is 0. The van der Waals surface area contributed by atoms with Crippen LogP contribution in [0.2, 0.25) is 0 Å². The van der Waals surface area contributed by atoms with Crippen LogP contribution in [0, 0.1) is 16.6 Å². The summed E-state index contributed by atoms with van der Waals surface area (Å²) in [6, 6.07) is 21.7. The molecule has 7 heteroatoms. The van der Waals surface area contributed by atoms with E-state index in [0.29, 0.717) is 5.56 Å². The molecule has 0 spiro atoms. The maximum atomic E-state index is 13.2. The smallest absolute Gasteiger partial charge is 0.394 e. The highest BCUT2D eigenvalue weighted by Gasteiger charge is 2.33. The Kier molecular flexibility index (Phi) is 7.35. The average Bonchev–Trinajstić information content (AvgIpc) is 2.80. The molecule has 0 aliphatic carbocycles. The second kappa shape index (κ2) is 10.2.